The van der Waals surface area contributed by atoms with Crippen molar-refractivity contribution in [1.82, 2.24) is 15.1 Å². The minimum Gasteiger partial charge on any atom is -0.485 e. The van der Waals surface area contributed by atoms with E-state index in [1.807, 2.05) is 19.0 Å². The van der Waals surface area contributed by atoms with Crippen molar-refractivity contribution in [1.29, 1.82) is 0 Å². The minimum atomic E-state index is -0.440. The number of nitro benzene ring substituents is 1. The van der Waals surface area contributed by atoms with Crippen LogP contribution in [0, 0.1) is 10.1 Å². The largest absolute Gasteiger partial charge is 0.485 e. The first-order chi connectivity index (χ1) is 9.58. The van der Waals surface area contributed by atoms with Crippen LogP contribution in [-0.2, 0) is 0 Å². The van der Waals surface area contributed by atoms with Gasteiger partial charge in [0.25, 0.3) is 0 Å². The van der Waals surface area contributed by atoms with Crippen LogP contribution in [0.15, 0.2) is 30.6 Å². The third-order valence-corrected chi connectivity index (χ3v) is 2.78. The Labute approximate surface area is 116 Å². The number of rotatable bonds is 6. The number of ether oxygens (including phenoxy) is 1. The quantitative estimate of drug-likeness (QED) is 0.643. The molecule has 106 valence electrons. The van der Waals surface area contributed by atoms with E-state index in [1.165, 1.54) is 6.07 Å². The van der Waals surface area contributed by atoms with E-state index in [-0.39, 0.29) is 11.4 Å². The van der Waals surface area contributed by atoms with Gasteiger partial charge < -0.3 is 9.64 Å². The number of hydrogen-bond acceptors (Lipinski definition) is 5. The smallest absolute Gasteiger partial charge is 0.310 e. The van der Waals surface area contributed by atoms with Crippen LogP contribution < -0.4 is 4.74 Å². The van der Waals surface area contributed by atoms with Gasteiger partial charge in [0.15, 0.2) is 5.75 Å². The number of aromatic amines is 1. The molecule has 1 heterocycles. The molecule has 0 fully saturated rings. The Kier molecular flexibility index (Phi) is 4.31. The van der Waals surface area contributed by atoms with E-state index >= 15 is 0 Å². The highest BCUT2D eigenvalue weighted by molar-refractivity contribution is 5.67. The van der Waals surface area contributed by atoms with Gasteiger partial charge in [0.1, 0.15) is 6.61 Å². The Hall–Kier alpha value is -2.41. The first-order valence-electron chi connectivity index (χ1n) is 6.13. The van der Waals surface area contributed by atoms with Crippen LogP contribution >= 0.6 is 0 Å². The first-order valence-corrected chi connectivity index (χ1v) is 6.13. The zero-order valence-electron chi connectivity index (χ0n) is 11.4. The minimum absolute atomic E-state index is 0.0315. The van der Waals surface area contributed by atoms with Crippen molar-refractivity contribution >= 4 is 5.69 Å². The second kappa shape index (κ2) is 6.16. The molecular weight excluding hydrogens is 260 g/mol. The zero-order chi connectivity index (χ0) is 14.5. The van der Waals surface area contributed by atoms with E-state index in [4.69, 9.17) is 4.74 Å². The van der Waals surface area contributed by atoms with Crippen molar-refractivity contribution in [3.05, 3.63) is 40.7 Å². The van der Waals surface area contributed by atoms with E-state index in [0.29, 0.717) is 13.2 Å². The molecule has 2 aromatic rings. The third-order valence-electron chi connectivity index (χ3n) is 2.78. The maximum Gasteiger partial charge on any atom is 0.310 e. The normalized spacial score (nSPS) is 10.8. The molecule has 0 bridgehead atoms. The highest BCUT2D eigenvalue weighted by Crippen LogP contribution is 2.32. The Morgan fingerprint density at radius 2 is 2.20 bits per heavy atom. The molecular formula is C13H16N4O3. The molecule has 0 saturated heterocycles. The van der Waals surface area contributed by atoms with Crippen molar-refractivity contribution in [2.45, 2.75) is 0 Å². The van der Waals surface area contributed by atoms with Crippen molar-refractivity contribution in [3.63, 3.8) is 0 Å². The van der Waals surface area contributed by atoms with Crippen LogP contribution in [0.25, 0.3) is 11.1 Å². The molecule has 1 aromatic carbocycles. The summed E-state index contributed by atoms with van der Waals surface area (Å²) in [4.78, 5) is 12.5. The molecule has 0 spiro atoms. The predicted molar refractivity (Wildman–Crippen MR) is 74.7 cm³/mol. The molecule has 1 aromatic heterocycles. The fourth-order valence-corrected chi connectivity index (χ4v) is 1.71. The second-order valence-electron chi connectivity index (χ2n) is 4.58. The molecule has 0 saturated carbocycles. The molecule has 0 aliphatic heterocycles. The maximum absolute atomic E-state index is 11.0. The van der Waals surface area contributed by atoms with Gasteiger partial charge in [-0.05, 0) is 31.8 Å². The summed E-state index contributed by atoms with van der Waals surface area (Å²) in [5, 5.41) is 17.6. The van der Waals surface area contributed by atoms with Gasteiger partial charge in [-0.2, -0.15) is 5.10 Å². The summed E-state index contributed by atoms with van der Waals surface area (Å²) in [6.07, 6.45) is 3.38. The van der Waals surface area contributed by atoms with Gasteiger partial charge >= 0.3 is 5.69 Å². The number of benzene rings is 1. The highest BCUT2D eigenvalue weighted by Gasteiger charge is 2.16. The summed E-state index contributed by atoms with van der Waals surface area (Å²) in [6, 6.07) is 4.80. The molecule has 0 aliphatic rings. The lowest BCUT2D eigenvalue weighted by atomic mass is 10.1. The summed E-state index contributed by atoms with van der Waals surface area (Å²) in [5.74, 6) is 0.274. The van der Waals surface area contributed by atoms with Crippen LogP contribution in [0.2, 0.25) is 0 Å². The molecule has 20 heavy (non-hydrogen) atoms. The Morgan fingerprint density at radius 1 is 1.40 bits per heavy atom. The molecule has 0 unspecified atom stereocenters. The van der Waals surface area contributed by atoms with Crippen LogP contribution in [0.1, 0.15) is 0 Å². The van der Waals surface area contributed by atoms with E-state index < -0.39 is 4.92 Å². The molecule has 7 heteroatoms. The van der Waals surface area contributed by atoms with E-state index in [2.05, 4.69) is 10.2 Å². The molecule has 0 aliphatic carbocycles. The van der Waals surface area contributed by atoms with Gasteiger partial charge in [0.2, 0.25) is 0 Å². The van der Waals surface area contributed by atoms with Gasteiger partial charge in [0, 0.05) is 24.4 Å². The fraction of sp³-hybridized carbons (Fsp3) is 0.308. The van der Waals surface area contributed by atoms with Gasteiger partial charge in [-0.1, -0.05) is 0 Å². The average molecular weight is 276 g/mol. The number of nitro groups is 1. The number of aromatic nitrogens is 2. The summed E-state index contributed by atoms with van der Waals surface area (Å²) < 4.78 is 5.53. The number of H-pyrrole nitrogens is 1. The monoisotopic (exact) mass is 276 g/mol. The highest BCUT2D eigenvalue weighted by atomic mass is 16.6. The predicted octanol–water partition coefficient (Wildman–Crippen LogP) is 1.93. The van der Waals surface area contributed by atoms with E-state index in [1.54, 1.807) is 24.5 Å². The van der Waals surface area contributed by atoms with Gasteiger partial charge in [-0.3, -0.25) is 15.2 Å². The molecule has 0 radical (unpaired) electrons. The topological polar surface area (TPSA) is 84.3 Å². The lowest BCUT2D eigenvalue weighted by Gasteiger charge is -2.11. The Morgan fingerprint density at radius 3 is 2.80 bits per heavy atom. The SMILES string of the molecule is CN(C)CCOc1cc(-c2cn[nH]c2)ccc1[N+](=O)[O-]. The van der Waals surface area contributed by atoms with E-state index in [0.717, 1.165) is 11.1 Å². The molecule has 7 nitrogen and oxygen atoms in total. The van der Waals surface area contributed by atoms with Crippen LogP contribution in [0.3, 0.4) is 0 Å². The second-order valence-corrected chi connectivity index (χ2v) is 4.58. The van der Waals surface area contributed by atoms with Gasteiger partial charge in [-0.15, -0.1) is 0 Å². The van der Waals surface area contributed by atoms with Crippen LogP contribution in [0.5, 0.6) is 5.75 Å². The van der Waals surface area contributed by atoms with Gasteiger partial charge in [-0.25, -0.2) is 0 Å². The van der Waals surface area contributed by atoms with Crippen molar-refractivity contribution < 1.29 is 9.66 Å². The standard InChI is InChI=1S/C13H16N4O3/c1-16(2)5-6-20-13-7-10(11-8-14-15-9-11)3-4-12(13)17(18)19/h3-4,7-9H,5-6H2,1-2H3,(H,14,15). The van der Waals surface area contributed by atoms with Crippen molar-refractivity contribution in [3.8, 4) is 16.9 Å². The number of likely N-dealkylation sites (N-methyl/N-ethyl adjacent to an activating group) is 1. The number of hydrogen-bond donors (Lipinski definition) is 1. The number of nitrogens with zero attached hydrogens (tertiary/aromatic N) is 3. The summed E-state index contributed by atoms with van der Waals surface area (Å²) in [5.41, 5.74) is 1.65. The molecule has 2 rings (SSSR count). The zero-order valence-corrected chi connectivity index (χ0v) is 11.4. The Balaban J connectivity index is 2.25. The fourth-order valence-electron chi connectivity index (χ4n) is 1.71. The van der Waals surface area contributed by atoms with Crippen molar-refractivity contribution in [2.24, 2.45) is 0 Å². The lowest BCUT2D eigenvalue weighted by Crippen LogP contribution is -2.19. The molecule has 0 atom stereocenters. The number of nitrogens with one attached hydrogen (secondary N) is 1. The lowest BCUT2D eigenvalue weighted by molar-refractivity contribution is -0.385. The summed E-state index contributed by atoms with van der Waals surface area (Å²) >= 11 is 0. The van der Waals surface area contributed by atoms with Crippen LogP contribution in [-0.4, -0.2) is 47.3 Å². The van der Waals surface area contributed by atoms with Crippen molar-refractivity contribution in [2.75, 3.05) is 27.2 Å². The summed E-state index contributed by atoms with van der Waals surface area (Å²) in [7, 11) is 3.83. The maximum atomic E-state index is 11.0. The van der Waals surface area contributed by atoms with Gasteiger partial charge in [0.05, 0.1) is 11.1 Å². The average Bonchev–Trinajstić information content (AvgIpc) is 2.91. The molecule has 0 amide bonds. The summed E-state index contributed by atoms with van der Waals surface area (Å²) in [6.45, 7) is 1.08. The first kappa shape index (κ1) is 14.0. The van der Waals surface area contributed by atoms with E-state index in [9.17, 15) is 10.1 Å². The third kappa shape index (κ3) is 3.33. The molecule has 1 N–H and O–H groups in total. The van der Waals surface area contributed by atoms with Crippen LogP contribution in [0.4, 0.5) is 5.69 Å². The Bertz CT molecular complexity index is 581.